The van der Waals surface area contributed by atoms with Gasteiger partial charge in [-0.3, -0.25) is 9.18 Å². The number of amides is 1. The standard InChI is InChI=1S/C9H17FN2O/c1-11-6-9(13)12-4-2-3-8(5-10)7-12/h8,11H,2-7H2,1H3/t8-/m0/s1. The molecule has 0 saturated carbocycles. The van der Waals surface area contributed by atoms with E-state index >= 15 is 0 Å². The van der Waals surface area contributed by atoms with E-state index in [1.807, 2.05) is 0 Å². The van der Waals surface area contributed by atoms with E-state index in [-0.39, 0.29) is 18.5 Å². The van der Waals surface area contributed by atoms with Crippen molar-refractivity contribution in [1.29, 1.82) is 0 Å². The van der Waals surface area contributed by atoms with Crippen molar-refractivity contribution in [3.05, 3.63) is 0 Å². The van der Waals surface area contributed by atoms with Crippen LogP contribution in [-0.2, 0) is 4.79 Å². The largest absolute Gasteiger partial charge is 0.341 e. The van der Waals surface area contributed by atoms with E-state index in [1.54, 1.807) is 11.9 Å². The predicted molar refractivity (Wildman–Crippen MR) is 49.2 cm³/mol. The lowest BCUT2D eigenvalue weighted by Crippen LogP contribution is -2.43. The molecule has 0 aromatic rings. The lowest BCUT2D eigenvalue weighted by molar-refractivity contribution is -0.132. The van der Waals surface area contributed by atoms with Crippen LogP contribution in [0.5, 0.6) is 0 Å². The quantitative estimate of drug-likeness (QED) is 0.696. The number of hydrogen-bond donors (Lipinski definition) is 1. The third-order valence-corrected chi connectivity index (χ3v) is 2.42. The lowest BCUT2D eigenvalue weighted by Gasteiger charge is -2.31. The molecular weight excluding hydrogens is 171 g/mol. The van der Waals surface area contributed by atoms with Crippen molar-refractivity contribution in [2.45, 2.75) is 12.8 Å². The van der Waals surface area contributed by atoms with Gasteiger partial charge in [-0.25, -0.2) is 0 Å². The summed E-state index contributed by atoms with van der Waals surface area (Å²) in [4.78, 5) is 13.2. The minimum atomic E-state index is -0.302. The summed E-state index contributed by atoms with van der Waals surface area (Å²) in [6.07, 6.45) is 1.85. The fraction of sp³-hybridized carbons (Fsp3) is 0.889. The molecule has 1 aliphatic rings. The number of carbonyl (C=O) groups is 1. The monoisotopic (exact) mass is 188 g/mol. The van der Waals surface area contributed by atoms with Gasteiger partial charge < -0.3 is 10.2 Å². The first kappa shape index (κ1) is 10.4. The molecule has 1 atom stereocenters. The number of likely N-dealkylation sites (tertiary alicyclic amines) is 1. The molecule has 0 radical (unpaired) electrons. The highest BCUT2D eigenvalue weighted by molar-refractivity contribution is 5.78. The van der Waals surface area contributed by atoms with Gasteiger partial charge in [-0.05, 0) is 19.9 Å². The summed E-state index contributed by atoms with van der Waals surface area (Å²) < 4.78 is 12.3. The average molecular weight is 188 g/mol. The number of halogens is 1. The first-order valence-corrected chi connectivity index (χ1v) is 4.76. The van der Waals surface area contributed by atoms with Crippen molar-refractivity contribution >= 4 is 5.91 Å². The van der Waals surface area contributed by atoms with Crippen LogP contribution in [0.25, 0.3) is 0 Å². The molecule has 1 saturated heterocycles. The van der Waals surface area contributed by atoms with Gasteiger partial charge in [-0.15, -0.1) is 0 Å². The Hall–Kier alpha value is -0.640. The summed E-state index contributed by atoms with van der Waals surface area (Å²) in [7, 11) is 1.74. The molecule has 0 unspecified atom stereocenters. The molecule has 1 aliphatic heterocycles. The minimum Gasteiger partial charge on any atom is -0.341 e. The number of likely N-dealkylation sites (N-methyl/N-ethyl adjacent to an activating group) is 1. The Labute approximate surface area is 78.3 Å². The van der Waals surface area contributed by atoms with Gasteiger partial charge in [0, 0.05) is 19.0 Å². The summed E-state index contributed by atoms with van der Waals surface area (Å²) in [5.41, 5.74) is 0. The van der Waals surface area contributed by atoms with E-state index in [1.165, 1.54) is 0 Å². The Morgan fingerprint density at radius 3 is 3.08 bits per heavy atom. The Morgan fingerprint density at radius 1 is 1.69 bits per heavy atom. The van der Waals surface area contributed by atoms with E-state index in [9.17, 15) is 9.18 Å². The molecular formula is C9H17FN2O. The van der Waals surface area contributed by atoms with E-state index in [4.69, 9.17) is 0 Å². The van der Waals surface area contributed by atoms with Crippen LogP contribution in [0, 0.1) is 5.92 Å². The highest BCUT2D eigenvalue weighted by Gasteiger charge is 2.22. The molecule has 1 amide bonds. The zero-order chi connectivity index (χ0) is 9.68. The lowest BCUT2D eigenvalue weighted by atomic mass is 9.99. The van der Waals surface area contributed by atoms with Gasteiger partial charge in [0.15, 0.2) is 0 Å². The van der Waals surface area contributed by atoms with Gasteiger partial charge in [0.2, 0.25) is 5.91 Å². The molecule has 1 N–H and O–H groups in total. The van der Waals surface area contributed by atoms with Gasteiger partial charge in [-0.1, -0.05) is 0 Å². The highest BCUT2D eigenvalue weighted by atomic mass is 19.1. The van der Waals surface area contributed by atoms with E-state index in [0.717, 1.165) is 19.4 Å². The average Bonchev–Trinajstić information content (AvgIpc) is 2.18. The maximum Gasteiger partial charge on any atom is 0.236 e. The van der Waals surface area contributed by atoms with Crippen LogP contribution in [-0.4, -0.2) is 44.2 Å². The molecule has 0 aliphatic carbocycles. The van der Waals surface area contributed by atoms with Crippen LogP contribution >= 0.6 is 0 Å². The fourth-order valence-electron chi connectivity index (χ4n) is 1.68. The van der Waals surface area contributed by atoms with E-state index in [2.05, 4.69) is 5.32 Å². The Kier molecular flexibility index (Phi) is 4.15. The molecule has 4 heteroatoms. The summed E-state index contributed by atoms with van der Waals surface area (Å²) >= 11 is 0. The van der Waals surface area contributed by atoms with Crippen LogP contribution in [0.4, 0.5) is 4.39 Å². The van der Waals surface area contributed by atoms with E-state index in [0.29, 0.717) is 13.1 Å². The van der Waals surface area contributed by atoms with E-state index < -0.39 is 0 Å². The number of nitrogens with zero attached hydrogens (tertiary/aromatic N) is 1. The normalized spacial score (nSPS) is 23.2. The van der Waals surface area contributed by atoms with Crippen molar-refractivity contribution in [1.82, 2.24) is 10.2 Å². The van der Waals surface area contributed by atoms with Crippen LogP contribution in [0.15, 0.2) is 0 Å². The summed E-state index contributed by atoms with van der Waals surface area (Å²) in [5.74, 6) is 0.148. The Balaban J connectivity index is 2.37. The zero-order valence-electron chi connectivity index (χ0n) is 8.05. The van der Waals surface area contributed by atoms with Crippen LogP contribution < -0.4 is 5.32 Å². The Bertz CT molecular complexity index is 175. The van der Waals surface area contributed by atoms with Crippen molar-refractivity contribution < 1.29 is 9.18 Å². The third-order valence-electron chi connectivity index (χ3n) is 2.42. The minimum absolute atomic E-state index is 0.0644. The first-order valence-electron chi connectivity index (χ1n) is 4.76. The van der Waals surface area contributed by atoms with Gasteiger partial charge in [-0.2, -0.15) is 0 Å². The summed E-state index contributed by atoms with van der Waals surface area (Å²) in [6.45, 7) is 1.44. The second-order valence-electron chi connectivity index (χ2n) is 3.53. The molecule has 1 fully saturated rings. The van der Waals surface area contributed by atoms with Crippen LogP contribution in [0.3, 0.4) is 0 Å². The summed E-state index contributed by atoms with van der Waals surface area (Å²) in [6, 6.07) is 0. The molecule has 1 heterocycles. The highest BCUT2D eigenvalue weighted by Crippen LogP contribution is 2.16. The maximum atomic E-state index is 12.3. The van der Waals surface area contributed by atoms with Crippen molar-refractivity contribution in [3.63, 3.8) is 0 Å². The molecule has 0 aromatic carbocycles. The number of carbonyl (C=O) groups excluding carboxylic acids is 1. The summed E-state index contributed by atoms with van der Waals surface area (Å²) in [5, 5.41) is 2.81. The van der Waals surface area contributed by atoms with Crippen molar-refractivity contribution in [2.24, 2.45) is 5.92 Å². The van der Waals surface area contributed by atoms with Gasteiger partial charge >= 0.3 is 0 Å². The molecule has 0 spiro atoms. The number of piperidine rings is 1. The van der Waals surface area contributed by atoms with Gasteiger partial charge in [0.05, 0.1) is 13.2 Å². The number of rotatable bonds is 3. The molecule has 0 bridgehead atoms. The first-order chi connectivity index (χ1) is 6.27. The van der Waals surface area contributed by atoms with Crippen LogP contribution in [0.1, 0.15) is 12.8 Å². The maximum absolute atomic E-state index is 12.3. The second-order valence-corrected chi connectivity index (χ2v) is 3.53. The third kappa shape index (κ3) is 2.95. The molecule has 13 heavy (non-hydrogen) atoms. The number of nitrogens with one attached hydrogen (secondary N) is 1. The van der Waals surface area contributed by atoms with Crippen molar-refractivity contribution in [3.8, 4) is 0 Å². The Morgan fingerprint density at radius 2 is 2.46 bits per heavy atom. The van der Waals surface area contributed by atoms with Gasteiger partial charge in [0.25, 0.3) is 0 Å². The fourth-order valence-corrected chi connectivity index (χ4v) is 1.68. The second kappa shape index (κ2) is 5.17. The zero-order valence-corrected chi connectivity index (χ0v) is 8.05. The SMILES string of the molecule is CNCC(=O)N1CCC[C@@H](CF)C1. The molecule has 76 valence electrons. The topological polar surface area (TPSA) is 32.3 Å². The number of hydrogen-bond acceptors (Lipinski definition) is 2. The smallest absolute Gasteiger partial charge is 0.236 e. The molecule has 1 rings (SSSR count). The van der Waals surface area contributed by atoms with Crippen LogP contribution in [0.2, 0.25) is 0 Å². The predicted octanol–water partition coefficient (Wildman–Crippen LogP) is 0.414. The molecule has 3 nitrogen and oxygen atoms in total. The van der Waals surface area contributed by atoms with Gasteiger partial charge in [0.1, 0.15) is 0 Å². The number of alkyl halides is 1. The van der Waals surface area contributed by atoms with Crippen molar-refractivity contribution in [2.75, 3.05) is 33.4 Å². The molecule has 0 aromatic heterocycles.